The van der Waals surface area contributed by atoms with E-state index < -0.39 is 6.10 Å². The number of ketones is 1. The molecule has 0 bridgehead atoms. The minimum absolute atomic E-state index is 0.141. The van der Waals surface area contributed by atoms with E-state index in [1.165, 1.54) is 11.0 Å². The quantitative estimate of drug-likeness (QED) is 0.404. The summed E-state index contributed by atoms with van der Waals surface area (Å²) in [5.74, 6) is 0.899. The lowest BCUT2D eigenvalue weighted by Crippen LogP contribution is -2.35. The number of amides is 1. The second-order valence-corrected chi connectivity index (χ2v) is 6.98. The molecule has 0 aliphatic heterocycles. The van der Waals surface area contributed by atoms with Crippen LogP contribution in [0.4, 0.5) is 0 Å². The largest absolute Gasteiger partial charge is 0.490 e. The van der Waals surface area contributed by atoms with Crippen LogP contribution in [0.1, 0.15) is 30.0 Å². The van der Waals surface area contributed by atoms with Crippen molar-refractivity contribution in [2.45, 2.75) is 20.0 Å². The molecule has 3 aromatic rings. The molecule has 0 unspecified atom stereocenters. The molecule has 0 fully saturated rings. The number of carbonyl (C=O) groups excluding carboxylic acids is 2. The van der Waals surface area contributed by atoms with Crippen molar-refractivity contribution in [2.75, 3.05) is 20.7 Å². The fourth-order valence-electron chi connectivity index (χ4n) is 2.96. The number of ether oxygens (including phenoxy) is 2. The van der Waals surface area contributed by atoms with Gasteiger partial charge in [0, 0.05) is 19.5 Å². The molecule has 6 heteroatoms. The number of allylic oxidation sites excluding steroid dienone is 1. The van der Waals surface area contributed by atoms with E-state index in [2.05, 4.69) is 0 Å². The third kappa shape index (κ3) is 4.89. The monoisotopic (exact) mass is 407 g/mol. The molecular weight excluding hydrogens is 382 g/mol. The van der Waals surface area contributed by atoms with Crippen LogP contribution in [0.15, 0.2) is 59.0 Å². The van der Waals surface area contributed by atoms with Gasteiger partial charge in [0.1, 0.15) is 5.58 Å². The number of nitrogens with zero attached hydrogens (tertiary/aromatic N) is 1. The van der Waals surface area contributed by atoms with Gasteiger partial charge in [-0.05, 0) is 49.8 Å². The normalized spacial score (nSPS) is 12.1. The second-order valence-electron chi connectivity index (χ2n) is 6.98. The molecule has 2 aromatic carbocycles. The lowest BCUT2D eigenvalue weighted by molar-refractivity contribution is -0.135. The van der Waals surface area contributed by atoms with Crippen molar-refractivity contribution in [3.05, 3.63) is 65.9 Å². The Hall–Kier alpha value is -3.54. The van der Waals surface area contributed by atoms with Gasteiger partial charge < -0.3 is 18.8 Å². The van der Waals surface area contributed by atoms with Gasteiger partial charge in [-0.1, -0.05) is 30.3 Å². The Morgan fingerprint density at radius 1 is 1.10 bits per heavy atom. The van der Waals surface area contributed by atoms with Gasteiger partial charge >= 0.3 is 0 Å². The first-order valence-corrected chi connectivity index (χ1v) is 9.74. The standard InChI is InChI=1S/C24H25NO5/c1-5-28-23-14-17(11-13-21(23)29-16(2)24(27)25(3)4)10-12-19(26)22-15-18-8-6-7-9-20(18)30-22/h6-16H,5H2,1-4H3/b12-10+/t16-/m0/s1. The first-order chi connectivity index (χ1) is 14.4. The lowest BCUT2D eigenvalue weighted by atomic mass is 10.1. The zero-order chi connectivity index (χ0) is 21.7. The Labute approximate surface area is 175 Å². The van der Waals surface area contributed by atoms with Crippen molar-refractivity contribution < 1.29 is 23.5 Å². The SMILES string of the molecule is CCOc1cc(/C=C/C(=O)c2cc3ccccc3o2)ccc1O[C@@H](C)C(=O)N(C)C. The van der Waals surface area contributed by atoms with Crippen molar-refractivity contribution in [3.8, 4) is 11.5 Å². The highest BCUT2D eigenvalue weighted by molar-refractivity contribution is 6.07. The third-order valence-corrected chi connectivity index (χ3v) is 4.46. The lowest BCUT2D eigenvalue weighted by Gasteiger charge is -2.20. The number of para-hydroxylation sites is 1. The molecule has 0 spiro atoms. The summed E-state index contributed by atoms with van der Waals surface area (Å²) in [4.78, 5) is 26.0. The third-order valence-electron chi connectivity index (χ3n) is 4.46. The van der Waals surface area contributed by atoms with Crippen molar-refractivity contribution in [1.29, 1.82) is 0 Å². The molecule has 0 aliphatic rings. The topological polar surface area (TPSA) is 69.0 Å². The number of carbonyl (C=O) groups is 2. The van der Waals surface area contributed by atoms with Crippen molar-refractivity contribution in [1.82, 2.24) is 4.90 Å². The Morgan fingerprint density at radius 2 is 1.87 bits per heavy atom. The van der Waals surface area contributed by atoms with Crippen LogP contribution in [0, 0.1) is 0 Å². The highest BCUT2D eigenvalue weighted by Crippen LogP contribution is 2.30. The molecule has 1 heterocycles. The summed E-state index contributed by atoms with van der Waals surface area (Å²) in [5, 5.41) is 0.885. The maximum Gasteiger partial charge on any atom is 0.262 e. The highest BCUT2D eigenvalue weighted by atomic mass is 16.5. The van der Waals surface area contributed by atoms with Gasteiger partial charge in [-0.2, -0.15) is 0 Å². The molecular formula is C24H25NO5. The maximum atomic E-state index is 12.5. The molecule has 1 amide bonds. The van der Waals surface area contributed by atoms with Gasteiger partial charge in [-0.25, -0.2) is 0 Å². The minimum Gasteiger partial charge on any atom is -0.490 e. The first-order valence-electron chi connectivity index (χ1n) is 9.74. The van der Waals surface area contributed by atoms with E-state index in [0.29, 0.717) is 23.7 Å². The maximum absolute atomic E-state index is 12.5. The van der Waals surface area contributed by atoms with Crippen LogP contribution in [0.5, 0.6) is 11.5 Å². The Bertz CT molecular complexity index is 1050. The molecule has 0 saturated carbocycles. The Balaban J connectivity index is 1.77. The van der Waals surface area contributed by atoms with Crippen LogP contribution in [0.2, 0.25) is 0 Å². The summed E-state index contributed by atoms with van der Waals surface area (Å²) in [6.07, 6.45) is 2.51. The second kappa shape index (κ2) is 9.31. The molecule has 0 N–H and O–H groups in total. The highest BCUT2D eigenvalue weighted by Gasteiger charge is 2.18. The number of fused-ring (bicyclic) bond motifs is 1. The molecule has 1 atom stereocenters. The average Bonchev–Trinajstić information content (AvgIpc) is 3.17. The average molecular weight is 407 g/mol. The van der Waals surface area contributed by atoms with Crippen LogP contribution in [0.25, 0.3) is 17.0 Å². The van der Waals surface area contributed by atoms with E-state index in [4.69, 9.17) is 13.9 Å². The zero-order valence-electron chi connectivity index (χ0n) is 17.5. The van der Waals surface area contributed by atoms with E-state index in [0.717, 1.165) is 10.9 Å². The number of hydrogen-bond acceptors (Lipinski definition) is 5. The molecule has 0 saturated heterocycles. The van der Waals surface area contributed by atoms with Gasteiger partial charge in [-0.15, -0.1) is 0 Å². The van der Waals surface area contributed by atoms with Crippen LogP contribution in [-0.2, 0) is 4.79 Å². The summed E-state index contributed by atoms with van der Waals surface area (Å²) in [6, 6.07) is 14.5. The predicted octanol–water partition coefficient (Wildman–Crippen LogP) is 4.58. The fraction of sp³-hybridized carbons (Fsp3) is 0.250. The molecule has 3 rings (SSSR count). The van der Waals surface area contributed by atoms with Crippen LogP contribution in [-0.4, -0.2) is 43.4 Å². The molecule has 6 nitrogen and oxygen atoms in total. The number of rotatable bonds is 8. The van der Waals surface area contributed by atoms with E-state index in [-0.39, 0.29) is 17.5 Å². The molecule has 1 aromatic heterocycles. The molecule has 0 radical (unpaired) electrons. The van der Waals surface area contributed by atoms with Gasteiger partial charge in [0.25, 0.3) is 5.91 Å². The number of likely N-dealkylation sites (N-methyl/N-ethyl adjacent to an activating group) is 1. The van der Waals surface area contributed by atoms with E-state index in [1.54, 1.807) is 51.4 Å². The Kier molecular flexibility index (Phi) is 6.57. The zero-order valence-corrected chi connectivity index (χ0v) is 17.5. The summed E-state index contributed by atoms with van der Waals surface area (Å²) in [5.41, 5.74) is 1.44. The Morgan fingerprint density at radius 3 is 2.57 bits per heavy atom. The van der Waals surface area contributed by atoms with Gasteiger partial charge in [0.05, 0.1) is 6.61 Å². The summed E-state index contributed by atoms with van der Waals surface area (Å²) in [7, 11) is 3.36. The van der Waals surface area contributed by atoms with Crippen LogP contribution < -0.4 is 9.47 Å². The van der Waals surface area contributed by atoms with E-state index in [1.807, 2.05) is 31.2 Å². The summed E-state index contributed by atoms with van der Waals surface area (Å²) in [6.45, 7) is 4.00. The minimum atomic E-state index is -0.643. The number of hydrogen-bond donors (Lipinski definition) is 0. The van der Waals surface area contributed by atoms with Gasteiger partial charge in [-0.3, -0.25) is 9.59 Å². The van der Waals surface area contributed by atoms with E-state index >= 15 is 0 Å². The van der Waals surface area contributed by atoms with E-state index in [9.17, 15) is 9.59 Å². The van der Waals surface area contributed by atoms with Crippen molar-refractivity contribution >= 4 is 28.7 Å². The first kappa shape index (κ1) is 21.2. The van der Waals surface area contributed by atoms with Gasteiger partial charge in [0.2, 0.25) is 5.78 Å². The predicted molar refractivity (Wildman–Crippen MR) is 116 cm³/mol. The van der Waals surface area contributed by atoms with Gasteiger partial charge in [0.15, 0.2) is 23.4 Å². The molecule has 0 aliphatic carbocycles. The molecule has 30 heavy (non-hydrogen) atoms. The number of benzene rings is 2. The molecule has 156 valence electrons. The van der Waals surface area contributed by atoms with Crippen molar-refractivity contribution in [2.24, 2.45) is 0 Å². The summed E-state index contributed by atoms with van der Waals surface area (Å²) >= 11 is 0. The fourth-order valence-corrected chi connectivity index (χ4v) is 2.96. The smallest absolute Gasteiger partial charge is 0.262 e. The van der Waals surface area contributed by atoms with Crippen LogP contribution >= 0.6 is 0 Å². The van der Waals surface area contributed by atoms with Crippen molar-refractivity contribution in [3.63, 3.8) is 0 Å². The number of furan rings is 1. The summed E-state index contributed by atoms with van der Waals surface area (Å²) < 4.78 is 17.0. The van der Waals surface area contributed by atoms with Crippen LogP contribution in [0.3, 0.4) is 0 Å².